The molecule has 0 saturated carbocycles. The van der Waals surface area contributed by atoms with Gasteiger partial charge in [-0.15, -0.1) is 24.8 Å². The van der Waals surface area contributed by atoms with E-state index in [2.05, 4.69) is 22.3 Å². The summed E-state index contributed by atoms with van der Waals surface area (Å²) in [6.07, 6.45) is 2.90. The molecule has 1 aromatic carbocycles. The standard InChI is InChI=1S/C15H23N3O.2ClH/c16-9-5-10-17-15(19)14-8-4-11-18(14)12-13-6-2-1-3-7-13;;/h1-3,6-7,14H,4-5,8-12,16H2,(H,17,19);2*1H. The number of likely N-dealkylation sites (tertiary alicyclic amines) is 1. The first kappa shape index (κ1) is 20.2. The summed E-state index contributed by atoms with van der Waals surface area (Å²) in [6, 6.07) is 10.4. The van der Waals surface area contributed by atoms with Gasteiger partial charge in [-0.1, -0.05) is 30.3 Å². The van der Waals surface area contributed by atoms with E-state index in [1.54, 1.807) is 0 Å². The summed E-state index contributed by atoms with van der Waals surface area (Å²) in [5.74, 6) is 0.155. The van der Waals surface area contributed by atoms with Gasteiger partial charge >= 0.3 is 0 Å². The first-order valence-electron chi connectivity index (χ1n) is 7.07. The minimum Gasteiger partial charge on any atom is -0.355 e. The predicted octanol–water partition coefficient (Wildman–Crippen LogP) is 1.96. The molecule has 1 fully saturated rings. The molecule has 1 unspecified atom stereocenters. The molecule has 1 amide bonds. The van der Waals surface area contributed by atoms with Gasteiger partial charge < -0.3 is 11.1 Å². The van der Waals surface area contributed by atoms with Crippen molar-refractivity contribution >= 4 is 30.7 Å². The molecule has 1 aliphatic heterocycles. The van der Waals surface area contributed by atoms with Crippen molar-refractivity contribution in [1.29, 1.82) is 0 Å². The molecule has 0 aromatic heterocycles. The second-order valence-electron chi connectivity index (χ2n) is 5.05. The number of nitrogens with zero attached hydrogens (tertiary/aromatic N) is 1. The van der Waals surface area contributed by atoms with Crippen molar-refractivity contribution in [1.82, 2.24) is 10.2 Å². The molecular formula is C15H25Cl2N3O. The molecule has 1 heterocycles. The molecule has 2 rings (SSSR count). The Balaban J connectivity index is 0.00000200. The van der Waals surface area contributed by atoms with E-state index in [0.717, 1.165) is 32.4 Å². The third kappa shape index (κ3) is 6.22. The van der Waals surface area contributed by atoms with Crippen LogP contribution >= 0.6 is 24.8 Å². The molecule has 1 atom stereocenters. The van der Waals surface area contributed by atoms with Crippen LogP contribution in [0.5, 0.6) is 0 Å². The molecule has 0 radical (unpaired) electrons. The Morgan fingerprint density at radius 3 is 2.67 bits per heavy atom. The summed E-state index contributed by atoms with van der Waals surface area (Å²) < 4.78 is 0. The zero-order valence-corrected chi connectivity index (χ0v) is 13.8. The molecule has 1 aliphatic rings. The lowest BCUT2D eigenvalue weighted by Gasteiger charge is -2.23. The Hall–Kier alpha value is -0.810. The van der Waals surface area contributed by atoms with E-state index in [4.69, 9.17) is 5.73 Å². The molecule has 3 N–H and O–H groups in total. The Morgan fingerprint density at radius 2 is 2.00 bits per heavy atom. The molecule has 0 bridgehead atoms. The molecule has 6 heteroatoms. The zero-order chi connectivity index (χ0) is 13.5. The Morgan fingerprint density at radius 1 is 1.29 bits per heavy atom. The highest BCUT2D eigenvalue weighted by molar-refractivity contribution is 5.85. The van der Waals surface area contributed by atoms with Gasteiger partial charge in [-0.2, -0.15) is 0 Å². The maximum Gasteiger partial charge on any atom is 0.237 e. The van der Waals surface area contributed by atoms with Gasteiger partial charge in [-0.25, -0.2) is 0 Å². The van der Waals surface area contributed by atoms with E-state index in [9.17, 15) is 4.79 Å². The van der Waals surface area contributed by atoms with Crippen molar-refractivity contribution in [3.63, 3.8) is 0 Å². The van der Waals surface area contributed by atoms with Gasteiger partial charge in [0.1, 0.15) is 0 Å². The van der Waals surface area contributed by atoms with Gasteiger partial charge in [0.15, 0.2) is 0 Å². The van der Waals surface area contributed by atoms with E-state index < -0.39 is 0 Å². The predicted molar refractivity (Wildman–Crippen MR) is 91.1 cm³/mol. The van der Waals surface area contributed by atoms with Crippen molar-refractivity contribution in [3.05, 3.63) is 35.9 Å². The summed E-state index contributed by atoms with van der Waals surface area (Å²) in [5, 5.41) is 2.98. The van der Waals surface area contributed by atoms with Crippen molar-refractivity contribution in [3.8, 4) is 0 Å². The van der Waals surface area contributed by atoms with Crippen LogP contribution in [0, 0.1) is 0 Å². The summed E-state index contributed by atoms with van der Waals surface area (Å²) in [5.41, 5.74) is 6.70. The fourth-order valence-corrected chi connectivity index (χ4v) is 2.56. The number of hydrogen-bond donors (Lipinski definition) is 2. The fourth-order valence-electron chi connectivity index (χ4n) is 2.56. The lowest BCUT2D eigenvalue weighted by molar-refractivity contribution is -0.125. The highest BCUT2D eigenvalue weighted by Crippen LogP contribution is 2.20. The number of halogens is 2. The lowest BCUT2D eigenvalue weighted by Crippen LogP contribution is -2.43. The van der Waals surface area contributed by atoms with Crippen LogP contribution in [-0.4, -0.2) is 36.5 Å². The van der Waals surface area contributed by atoms with Crippen LogP contribution in [0.25, 0.3) is 0 Å². The molecular weight excluding hydrogens is 309 g/mol. The highest BCUT2D eigenvalue weighted by atomic mass is 35.5. The number of rotatable bonds is 6. The monoisotopic (exact) mass is 333 g/mol. The van der Waals surface area contributed by atoms with Crippen LogP contribution in [-0.2, 0) is 11.3 Å². The topological polar surface area (TPSA) is 58.4 Å². The van der Waals surface area contributed by atoms with E-state index in [0.29, 0.717) is 13.1 Å². The second kappa shape index (κ2) is 10.9. The van der Waals surface area contributed by atoms with Crippen molar-refractivity contribution in [2.24, 2.45) is 5.73 Å². The number of hydrogen-bond acceptors (Lipinski definition) is 3. The van der Waals surface area contributed by atoms with Crippen LogP contribution in [0.3, 0.4) is 0 Å². The van der Waals surface area contributed by atoms with Gasteiger partial charge in [0.25, 0.3) is 0 Å². The van der Waals surface area contributed by atoms with Gasteiger partial charge in [-0.05, 0) is 37.9 Å². The van der Waals surface area contributed by atoms with Crippen LogP contribution in [0.2, 0.25) is 0 Å². The lowest BCUT2D eigenvalue weighted by atomic mass is 10.1. The second-order valence-corrected chi connectivity index (χ2v) is 5.05. The molecule has 120 valence electrons. The Labute approximate surface area is 139 Å². The molecule has 1 aromatic rings. The van der Waals surface area contributed by atoms with Crippen LogP contribution in [0.1, 0.15) is 24.8 Å². The highest BCUT2D eigenvalue weighted by Gasteiger charge is 2.30. The number of benzene rings is 1. The smallest absolute Gasteiger partial charge is 0.237 e. The zero-order valence-electron chi connectivity index (χ0n) is 12.2. The number of nitrogens with one attached hydrogen (secondary N) is 1. The summed E-state index contributed by atoms with van der Waals surface area (Å²) in [6.45, 7) is 3.17. The van der Waals surface area contributed by atoms with Gasteiger partial charge in [0, 0.05) is 13.1 Å². The molecule has 1 saturated heterocycles. The molecule has 0 aliphatic carbocycles. The summed E-state index contributed by atoms with van der Waals surface area (Å²) >= 11 is 0. The maximum absolute atomic E-state index is 12.1. The minimum absolute atomic E-state index is 0. The van der Waals surface area contributed by atoms with Crippen molar-refractivity contribution < 1.29 is 4.79 Å². The quantitative estimate of drug-likeness (QED) is 0.782. The number of carbonyl (C=O) groups excluding carboxylic acids is 1. The third-order valence-corrected chi connectivity index (χ3v) is 3.57. The third-order valence-electron chi connectivity index (χ3n) is 3.57. The number of amides is 1. The van der Waals surface area contributed by atoms with Crippen molar-refractivity contribution in [2.75, 3.05) is 19.6 Å². The fraction of sp³-hybridized carbons (Fsp3) is 0.533. The van der Waals surface area contributed by atoms with Gasteiger partial charge in [0.05, 0.1) is 6.04 Å². The van der Waals surface area contributed by atoms with E-state index in [1.807, 2.05) is 18.2 Å². The SMILES string of the molecule is Cl.Cl.NCCCNC(=O)C1CCCN1Cc1ccccc1. The first-order chi connectivity index (χ1) is 9.31. The summed E-state index contributed by atoms with van der Waals surface area (Å²) in [4.78, 5) is 14.4. The first-order valence-corrected chi connectivity index (χ1v) is 7.07. The Kier molecular flexibility index (Phi) is 10.4. The number of nitrogens with two attached hydrogens (primary N) is 1. The van der Waals surface area contributed by atoms with Crippen LogP contribution < -0.4 is 11.1 Å². The average Bonchev–Trinajstić information content (AvgIpc) is 2.88. The van der Waals surface area contributed by atoms with E-state index in [-0.39, 0.29) is 36.8 Å². The van der Waals surface area contributed by atoms with Crippen LogP contribution in [0.15, 0.2) is 30.3 Å². The minimum atomic E-state index is 0. The Bertz CT molecular complexity index is 403. The maximum atomic E-state index is 12.1. The van der Waals surface area contributed by atoms with E-state index in [1.165, 1.54) is 5.56 Å². The molecule has 4 nitrogen and oxygen atoms in total. The molecule has 21 heavy (non-hydrogen) atoms. The normalized spacial score (nSPS) is 17.7. The van der Waals surface area contributed by atoms with Gasteiger partial charge in [-0.3, -0.25) is 9.69 Å². The van der Waals surface area contributed by atoms with Gasteiger partial charge in [0.2, 0.25) is 5.91 Å². The van der Waals surface area contributed by atoms with E-state index >= 15 is 0 Å². The number of carbonyl (C=O) groups is 1. The largest absolute Gasteiger partial charge is 0.355 e. The average molecular weight is 334 g/mol. The van der Waals surface area contributed by atoms with Crippen LogP contribution in [0.4, 0.5) is 0 Å². The molecule has 0 spiro atoms. The summed E-state index contributed by atoms with van der Waals surface area (Å²) in [7, 11) is 0. The van der Waals surface area contributed by atoms with Crippen molar-refractivity contribution in [2.45, 2.75) is 31.8 Å².